The highest BCUT2D eigenvalue weighted by Crippen LogP contribution is 2.37. The maximum Gasteiger partial charge on any atom is -0.0162 e. The van der Waals surface area contributed by atoms with Gasteiger partial charge in [0.05, 0.1) is 0 Å². The van der Waals surface area contributed by atoms with E-state index < -0.39 is 0 Å². The van der Waals surface area contributed by atoms with Crippen LogP contribution in [0.25, 0.3) is 5.57 Å². The van der Waals surface area contributed by atoms with E-state index in [4.69, 9.17) is 0 Å². The summed E-state index contributed by atoms with van der Waals surface area (Å²) in [6.45, 7) is 4.71. The molecule has 0 aromatic heterocycles. The third kappa shape index (κ3) is 6.78. The Balaban J connectivity index is 1.38. The minimum Gasteiger partial charge on any atom is -0.0804 e. The zero-order chi connectivity index (χ0) is 19.6. The lowest BCUT2D eigenvalue weighted by molar-refractivity contribution is 0.348. The van der Waals surface area contributed by atoms with Gasteiger partial charge in [0.15, 0.2) is 0 Å². The van der Waals surface area contributed by atoms with Crippen molar-refractivity contribution < 1.29 is 0 Å². The van der Waals surface area contributed by atoms with E-state index >= 15 is 0 Å². The van der Waals surface area contributed by atoms with Crippen LogP contribution in [0, 0.1) is 11.8 Å². The summed E-state index contributed by atoms with van der Waals surface area (Å²) in [4.78, 5) is 0. The van der Waals surface area contributed by atoms with Gasteiger partial charge >= 0.3 is 0 Å². The van der Waals surface area contributed by atoms with Crippen LogP contribution < -0.4 is 0 Å². The monoisotopic (exact) mass is 380 g/mol. The molecule has 0 bridgehead atoms. The number of allylic oxidation sites excluding steroid dienone is 2. The van der Waals surface area contributed by atoms with Gasteiger partial charge in [-0.2, -0.15) is 0 Å². The number of hydrogen-bond acceptors (Lipinski definition) is 0. The fourth-order valence-corrected chi connectivity index (χ4v) is 5.37. The normalized spacial score (nSPS) is 25.5. The Labute approximate surface area is 175 Å². The SMILES string of the molecule is CCCCCCCCCC1CC=C(c2ccc(C3CCC(C)CC3)cc2)CC1. The molecule has 1 saturated carbocycles. The van der Waals surface area contributed by atoms with E-state index in [1.807, 2.05) is 0 Å². The van der Waals surface area contributed by atoms with Gasteiger partial charge in [-0.3, -0.25) is 0 Å². The highest BCUT2D eigenvalue weighted by Gasteiger charge is 2.20. The van der Waals surface area contributed by atoms with Crippen LogP contribution in [-0.2, 0) is 0 Å². The largest absolute Gasteiger partial charge is 0.0804 e. The summed E-state index contributed by atoms with van der Waals surface area (Å²) in [5, 5.41) is 0. The van der Waals surface area contributed by atoms with Crippen molar-refractivity contribution in [3.63, 3.8) is 0 Å². The van der Waals surface area contributed by atoms with E-state index in [1.165, 1.54) is 102 Å². The lowest BCUT2D eigenvalue weighted by Gasteiger charge is -2.27. The second kappa shape index (κ2) is 11.8. The Kier molecular flexibility index (Phi) is 9.16. The van der Waals surface area contributed by atoms with Gasteiger partial charge in [-0.05, 0) is 66.6 Å². The molecule has 0 N–H and O–H groups in total. The standard InChI is InChI=1S/C28H44/c1-3-4-5-6-7-8-9-10-24-13-17-26(18-14-24)28-21-19-27(20-22-28)25-15-11-23(2)12-16-25/h17,19-25H,3-16,18H2,1-2H3. The molecule has 0 aliphatic heterocycles. The van der Waals surface area contributed by atoms with Crippen LogP contribution in [0.3, 0.4) is 0 Å². The number of rotatable bonds is 10. The minimum absolute atomic E-state index is 0.817. The molecule has 1 fully saturated rings. The molecule has 2 aliphatic carbocycles. The molecular weight excluding hydrogens is 336 g/mol. The fourth-order valence-electron chi connectivity index (χ4n) is 5.37. The average molecular weight is 381 g/mol. The van der Waals surface area contributed by atoms with E-state index in [2.05, 4.69) is 44.2 Å². The van der Waals surface area contributed by atoms with Crippen molar-refractivity contribution in [3.8, 4) is 0 Å². The third-order valence-electron chi connectivity index (χ3n) is 7.50. The molecule has 0 saturated heterocycles. The van der Waals surface area contributed by atoms with Gasteiger partial charge in [0.25, 0.3) is 0 Å². The highest BCUT2D eigenvalue weighted by atomic mass is 14.3. The van der Waals surface area contributed by atoms with Crippen molar-refractivity contribution in [2.75, 3.05) is 0 Å². The zero-order valence-electron chi connectivity index (χ0n) is 18.7. The van der Waals surface area contributed by atoms with Crippen molar-refractivity contribution in [2.45, 2.75) is 116 Å². The van der Waals surface area contributed by atoms with Gasteiger partial charge in [-0.1, -0.05) is 108 Å². The van der Waals surface area contributed by atoms with Crippen molar-refractivity contribution in [1.82, 2.24) is 0 Å². The molecule has 2 aliphatic rings. The van der Waals surface area contributed by atoms with E-state index in [9.17, 15) is 0 Å². The van der Waals surface area contributed by atoms with Crippen LogP contribution in [0.15, 0.2) is 30.3 Å². The second-order valence-electron chi connectivity index (χ2n) is 9.86. The summed E-state index contributed by atoms with van der Waals surface area (Å²) in [7, 11) is 0. The Morgan fingerprint density at radius 1 is 0.786 bits per heavy atom. The maximum absolute atomic E-state index is 2.56. The maximum atomic E-state index is 2.56. The molecule has 0 nitrogen and oxygen atoms in total. The highest BCUT2D eigenvalue weighted by molar-refractivity contribution is 5.66. The zero-order valence-corrected chi connectivity index (χ0v) is 18.7. The molecule has 0 amide bonds. The predicted molar refractivity (Wildman–Crippen MR) is 125 cm³/mol. The molecule has 0 radical (unpaired) electrons. The Morgan fingerprint density at radius 2 is 1.46 bits per heavy atom. The average Bonchev–Trinajstić information content (AvgIpc) is 2.74. The van der Waals surface area contributed by atoms with E-state index in [1.54, 1.807) is 11.1 Å². The fraction of sp³-hybridized carbons (Fsp3) is 0.714. The molecule has 156 valence electrons. The first-order valence-electron chi connectivity index (χ1n) is 12.6. The van der Waals surface area contributed by atoms with Gasteiger partial charge in [0.2, 0.25) is 0 Å². The lowest BCUT2D eigenvalue weighted by Crippen LogP contribution is -2.10. The molecule has 0 heteroatoms. The van der Waals surface area contributed by atoms with Gasteiger partial charge in [-0.25, -0.2) is 0 Å². The molecule has 28 heavy (non-hydrogen) atoms. The third-order valence-corrected chi connectivity index (χ3v) is 7.50. The molecule has 3 rings (SSSR count). The Bertz CT molecular complexity index is 571. The number of unbranched alkanes of at least 4 members (excludes halogenated alkanes) is 6. The van der Waals surface area contributed by atoms with Crippen molar-refractivity contribution in [1.29, 1.82) is 0 Å². The minimum atomic E-state index is 0.817. The molecule has 1 unspecified atom stereocenters. The molecule has 1 aromatic rings. The molecule has 0 heterocycles. The van der Waals surface area contributed by atoms with Gasteiger partial charge in [0.1, 0.15) is 0 Å². The van der Waals surface area contributed by atoms with Gasteiger partial charge < -0.3 is 0 Å². The number of benzene rings is 1. The summed E-state index contributed by atoms with van der Waals surface area (Å²) in [5.41, 5.74) is 4.69. The topological polar surface area (TPSA) is 0 Å². The predicted octanol–water partition coefficient (Wildman–Crippen LogP) is 9.30. The lowest BCUT2D eigenvalue weighted by atomic mass is 9.79. The summed E-state index contributed by atoms with van der Waals surface area (Å²) in [5.74, 6) is 2.71. The smallest absolute Gasteiger partial charge is 0.0162 e. The van der Waals surface area contributed by atoms with Crippen LogP contribution in [0.5, 0.6) is 0 Å². The van der Waals surface area contributed by atoms with Gasteiger partial charge in [-0.15, -0.1) is 0 Å². The Hall–Kier alpha value is -1.04. The van der Waals surface area contributed by atoms with Crippen LogP contribution >= 0.6 is 0 Å². The van der Waals surface area contributed by atoms with E-state index in [0.29, 0.717) is 0 Å². The molecule has 0 spiro atoms. The van der Waals surface area contributed by atoms with E-state index in [0.717, 1.165) is 17.8 Å². The summed E-state index contributed by atoms with van der Waals surface area (Å²) in [6.07, 6.45) is 23.7. The first-order chi connectivity index (χ1) is 13.8. The first-order valence-corrected chi connectivity index (χ1v) is 12.6. The Morgan fingerprint density at radius 3 is 2.11 bits per heavy atom. The van der Waals surface area contributed by atoms with Crippen molar-refractivity contribution in [2.24, 2.45) is 11.8 Å². The quantitative estimate of drug-likeness (QED) is 0.355. The number of hydrogen-bond donors (Lipinski definition) is 0. The van der Waals surface area contributed by atoms with Crippen molar-refractivity contribution >= 4 is 5.57 Å². The second-order valence-corrected chi connectivity index (χ2v) is 9.86. The summed E-state index contributed by atoms with van der Waals surface area (Å²) in [6, 6.07) is 9.69. The van der Waals surface area contributed by atoms with Gasteiger partial charge in [0, 0.05) is 0 Å². The van der Waals surface area contributed by atoms with E-state index in [-0.39, 0.29) is 0 Å². The molecule has 1 aromatic carbocycles. The summed E-state index contributed by atoms with van der Waals surface area (Å²) < 4.78 is 0. The van der Waals surface area contributed by atoms with Crippen molar-refractivity contribution in [3.05, 3.63) is 41.5 Å². The summed E-state index contributed by atoms with van der Waals surface area (Å²) >= 11 is 0. The molecular formula is C28H44. The van der Waals surface area contributed by atoms with Crippen LogP contribution in [0.4, 0.5) is 0 Å². The van der Waals surface area contributed by atoms with Crippen LogP contribution in [-0.4, -0.2) is 0 Å². The first kappa shape index (κ1) is 21.7. The van der Waals surface area contributed by atoms with Crippen LogP contribution in [0.2, 0.25) is 0 Å². The molecule has 1 atom stereocenters. The van der Waals surface area contributed by atoms with Crippen LogP contribution in [0.1, 0.15) is 127 Å².